The van der Waals surface area contributed by atoms with E-state index in [4.69, 9.17) is 4.98 Å². The minimum absolute atomic E-state index is 0.421. The summed E-state index contributed by atoms with van der Waals surface area (Å²) < 4.78 is 1.98. The van der Waals surface area contributed by atoms with Crippen LogP contribution in [0.3, 0.4) is 0 Å². The standard InChI is InChI=1S/C17H20N6S/c1-22-6-4-19-17(22)16-8-18-7-15(21-16)13-3-2-5-23(9-13)10-14-11-24-12-20-14/h4,6-8,11-13H,2-3,5,9-10H2,1H3/t13-/m0/s1. The number of hydrogen-bond acceptors (Lipinski definition) is 6. The minimum atomic E-state index is 0.421. The van der Waals surface area contributed by atoms with Crippen molar-refractivity contribution in [3.63, 3.8) is 0 Å². The average molecular weight is 340 g/mol. The van der Waals surface area contributed by atoms with Crippen LogP contribution in [0.5, 0.6) is 0 Å². The zero-order valence-electron chi connectivity index (χ0n) is 13.7. The Hall–Kier alpha value is -2.12. The summed E-state index contributed by atoms with van der Waals surface area (Å²) in [5, 5.41) is 2.13. The van der Waals surface area contributed by atoms with Crippen LogP contribution >= 0.6 is 11.3 Å². The van der Waals surface area contributed by atoms with Crippen LogP contribution in [-0.2, 0) is 13.6 Å². The third kappa shape index (κ3) is 3.22. The molecule has 4 rings (SSSR count). The number of rotatable bonds is 4. The molecule has 1 aliphatic heterocycles. The molecule has 1 atom stereocenters. The van der Waals surface area contributed by atoms with E-state index in [-0.39, 0.29) is 0 Å². The maximum absolute atomic E-state index is 4.85. The summed E-state index contributed by atoms with van der Waals surface area (Å²) in [4.78, 5) is 20.5. The highest BCUT2D eigenvalue weighted by Crippen LogP contribution is 2.27. The third-order valence-corrected chi connectivity index (χ3v) is 5.13. The number of likely N-dealkylation sites (tertiary alicyclic amines) is 1. The summed E-state index contributed by atoms with van der Waals surface area (Å²) in [5.74, 6) is 1.28. The van der Waals surface area contributed by atoms with E-state index in [0.717, 1.165) is 49.0 Å². The fourth-order valence-corrected chi connectivity index (χ4v) is 3.83. The van der Waals surface area contributed by atoms with Gasteiger partial charge in [-0.25, -0.2) is 15.0 Å². The third-order valence-electron chi connectivity index (χ3n) is 4.50. The lowest BCUT2D eigenvalue weighted by molar-refractivity contribution is 0.196. The van der Waals surface area contributed by atoms with Crippen LogP contribution in [0.1, 0.15) is 30.1 Å². The van der Waals surface area contributed by atoms with Crippen molar-refractivity contribution in [1.82, 2.24) is 29.4 Å². The van der Waals surface area contributed by atoms with E-state index >= 15 is 0 Å². The van der Waals surface area contributed by atoms with Gasteiger partial charge in [-0.15, -0.1) is 11.3 Å². The van der Waals surface area contributed by atoms with Gasteiger partial charge in [0.2, 0.25) is 0 Å². The van der Waals surface area contributed by atoms with Crippen molar-refractivity contribution in [2.24, 2.45) is 7.05 Å². The molecule has 0 spiro atoms. The van der Waals surface area contributed by atoms with Gasteiger partial charge in [-0.05, 0) is 19.4 Å². The Morgan fingerprint density at radius 3 is 3.04 bits per heavy atom. The normalized spacial score (nSPS) is 18.8. The molecule has 0 bridgehead atoms. The first-order valence-corrected chi connectivity index (χ1v) is 9.13. The zero-order chi connectivity index (χ0) is 16.4. The number of aryl methyl sites for hydroxylation is 1. The van der Waals surface area contributed by atoms with Gasteiger partial charge >= 0.3 is 0 Å². The fraction of sp³-hybridized carbons (Fsp3) is 0.412. The van der Waals surface area contributed by atoms with E-state index in [1.807, 2.05) is 29.5 Å². The number of nitrogens with zero attached hydrogens (tertiary/aromatic N) is 6. The number of imidazole rings is 1. The SMILES string of the molecule is Cn1ccnc1-c1cncc([C@H]2CCCN(Cc3cscn3)C2)n1. The Balaban J connectivity index is 1.52. The van der Waals surface area contributed by atoms with E-state index in [1.165, 1.54) is 6.42 Å². The molecule has 0 saturated carbocycles. The van der Waals surface area contributed by atoms with Crippen LogP contribution < -0.4 is 0 Å². The molecule has 0 unspecified atom stereocenters. The summed E-state index contributed by atoms with van der Waals surface area (Å²) >= 11 is 1.66. The lowest BCUT2D eigenvalue weighted by atomic mass is 9.95. The van der Waals surface area contributed by atoms with E-state index in [2.05, 4.69) is 25.2 Å². The van der Waals surface area contributed by atoms with Crippen LogP contribution in [0.15, 0.2) is 35.7 Å². The number of aromatic nitrogens is 5. The summed E-state index contributed by atoms with van der Waals surface area (Å²) in [5.41, 5.74) is 4.97. The first kappa shape index (κ1) is 15.4. The van der Waals surface area contributed by atoms with Crippen molar-refractivity contribution < 1.29 is 0 Å². The highest BCUT2D eigenvalue weighted by molar-refractivity contribution is 7.07. The average Bonchev–Trinajstić information content (AvgIpc) is 3.27. The van der Waals surface area contributed by atoms with Gasteiger partial charge in [0.15, 0.2) is 5.82 Å². The van der Waals surface area contributed by atoms with Crippen molar-refractivity contribution in [2.45, 2.75) is 25.3 Å². The van der Waals surface area contributed by atoms with Crippen LogP contribution in [-0.4, -0.2) is 42.5 Å². The molecule has 124 valence electrons. The molecule has 0 aromatic carbocycles. The quantitative estimate of drug-likeness (QED) is 0.731. The number of thiazole rings is 1. The summed E-state index contributed by atoms with van der Waals surface area (Å²) in [6.07, 6.45) is 9.76. The van der Waals surface area contributed by atoms with E-state index in [0.29, 0.717) is 5.92 Å². The smallest absolute Gasteiger partial charge is 0.159 e. The Bertz CT molecular complexity index is 797. The molecule has 7 heteroatoms. The fourth-order valence-electron chi connectivity index (χ4n) is 3.28. The monoisotopic (exact) mass is 340 g/mol. The van der Waals surface area contributed by atoms with Gasteiger partial charge in [0.1, 0.15) is 5.69 Å². The van der Waals surface area contributed by atoms with Crippen molar-refractivity contribution in [1.29, 1.82) is 0 Å². The Kier molecular flexibility index (Phi) is 4.36. The highest BCUT2D eigenvalue weighted by atomic mass is 32.1. The van der Waals surface area contributed by atoms with E-state index in [9.17, 15) is 0 Å². The van der Waals surface area contributed by atoms with E-state index in [1.54, 1.807) is 23.7 Å². The van der Waals surface area contributed by atoms with Crippen molar-refractivity contribution >= 4 is 11.3 Å². The minimum Gasteiger partial charge on any atom is -0.333 e. The predicted molar refractivity (Wildman–Crippen MR) is 93.6 cm³/mol. The maximum atomic E-state index is 4.85. The second-order valence-electron chi connectivity index (χ2n) is 6.24. The van der Waals surface area contributed by atoms with Gasteiger partial charge in [-0.2, -0.15) is 0 Å². The molecule has 3 aromatic rings. The molecule has 1 fully saturated rings. The van der Waals surface area contributed by atoms with Crippen LogP contribution in [0.25, 0.3) is 11.5 Å². The van der Waals surface area contributed by atoms with E-state index < -0.39 is 0 Å². The van der Waals surface area contributed by atoms with Crippen molar-refractivity contribution in [3.8, 4) is 11.5 Å². The maximum Gasteiger partial charge on any atom is 0.159 e. The second kappa shape index (κ2) is 6.78. The number of piperidine rings is 1. The summed E-state index contributed by atoms with van der Waals surface area (Å²) in [6, 6.07) is 0. The molecule has 6 nitrogen and oxygen atoms in total. The molecule has 1 saturated heterocycles. The molecule has 3 aromatic heterocycles. The predicted octanol–water partition coefficient (Wildman–Crippen LogP) is 2.71. The Morgan fingerprint density at radius 2 is 2.25 bits per heavy atom. The van der Waals surface area contributed by atoms with Crippen molar-refractivity contribution in [2.75, 3.05) is 13.1 Å². The van der Waals surface area contributed by atoms with Gasteiger partial charge in [0.25, 0.3) is 0 Å². The summed E-state index contributed by atoms with van der Waals surface area (Å²) in [6.45, 7) is 3.06. The van der Waals surface area contributed by atoms with Crippen LogP contribution in [0, 0.1) is 0 Å². The van der Waals surface area contributed by atoms with Gasteiger partial charge in [-0.3, -0.25) is 9.88 Å². The second-order valence-corrected chi connectivity index (χ2v) is 6.96. The molecule has 0 N–H and O–H groups in total. The van der Waals surface area contributed by atoms with Crippen LogP contribution in [0.2, 0.25) is 0 Å². The molecule has 4 heterocycles. The van der Waals surface area contributed by atoms with Crippen molar-refractivity contribution in [3.05, 3.63) is 47.1 Å². The lowest BCUT2D eigenvalue weighted by Gasteiger charge is -2.31. The molecule has 0 radical (unpaired) electrons. The Labute approximate surface area is 145 Å². The van der Waals surface area contributed by atoms with Gasteiger partial charge < -0.3 is 4.57 Å². The molecule has 0 aliphatic carbocycles. The first-order chi connectivity index (χ1) is 11.8. The Morgan fingerprint density at radius 1 is 1.29 bits per heavy atom. The summed E-state index contributed by atoms with van der Waals surface area (Å²) in [7, 11) is 1.98. The first-order valence-electron chi connectivity index (χ1n) is 8.18. The zero-order valence-corrected chi connectivity index (χ0v) is 14.5. The lowest BCUT2D eigenvalue weighted by Crippen LogP contribution is -2.34. The molecular weight excluding hydrogens is 320 g/mol. The molecule has 1 aliphatic rings. The number of hydrogen-bond donors (Lipinski definition) is 0. The topological polar surface area (TPSA) is 59.7 Å². The van der Waals surface area contributed by atoms with Gasteiger partial charge in [-0.1, -0.05) is 0 Å². The van der Waals surface area contributed by atoms with Gasteiger partial charge in [0.05, 0.1) is 23.1 Å². The largest absolute Gasteiger partial charge is 0.333 e. The highest BCUT2D eigenvalue weighted by Gasteiger charge is 2.23. The van der Waals surface area contributed by atoms with Crippen LogP contribution in [0.4, 0.5) is 0 Å². The molecule has 24 heavy (non-hydrogen) atoms. The molecular formula is C17H20N6S. The molecule has 0 amide bonds. The van der Waals surface area contributed by atoms with Gasteiger partial charge in [0, 0.05) is 50.0 Å².